The molecule has 1 aromatic carbocycles. The van der Waals surface area contributed by atoms with Crippen LogP contribution in [0.15, 0.2) is 40.8 Å². The van der Waals surface area contributed by atoms with Crippen molar-refractivity contribution in [3.63, 3.8) is 0 Å². The minimum absolute atomic E-state index is 0.174. The number of nitrogens with zero attached hydrogens (tertiary/aromatic N) is 2. The van der Waals surface area contributed by atoms with Crippen LogP contribution in [0.25, 0.3) is 0 Å². The SMILES string of the molecule is c1ccc2c(c1)CC(N1CCN(Cc3ccc([C@@H]4CCCCO4)o3)CC1)C2. The number of hydrogen-bond acceptors (Lipinski definition) is 4. The second-order valence-corrected chi connectivity index (χ2v) is 8.30. The molecule has 4 nitrogen and oxygen atoms in total. The van der Waals surface area contributed by atoms with Gasteiger partial charge in [0.15, 0.2) is 0 Å². The Labute approximate surface area is 162 Å². The summed E-state index contributed by atoms with van der Waals surface area (Å²) >= 11 is 0. The smallest absolute Gasteiger partial charge is 0.133 e. The first-order chi connectivity index (χ1) is 13.3. The molecule has 0 radical (unpaired) electrons. The lowest BCUT2D eigenvalue weighted by Crippen LogP contribution is -2.50. The average Bonchev–Trinajstić information content (AvgIpc) is 3.36. The zero-order valence-electron chi connectivity index (χ0n) is 16.1. The zero-order chi connectivity index (χ0) is 18.1. The first kappa shape index (κ1) is 17.5. The maximum Gasteiger partial charge on any atom is 0.133 e. The fraction of sp³-hybridized carbons (Fsp3) is 0.565. The van der Waals surface area contributed by atoms with E-state index in [1.54, 1.807) is 11.1 Å². The van der Waals surface area contributed by atoms with Crippen LogP contribution >= 0.6 is 0 Å². The van der Waals surface area contributed by atoms with Crippen LogP contribution in [0.5, 0.6) is 0 Å². The van der Waals surface area contributed by atoms with E-state index >= 15 is 0 Å². The molecule has 2 aliphatic heterocycles. The minimum Gasteiger partial charge on any atom is -0.462 e. The fourth-order valence-corrected chi connectivity index (χ4v) is 4.92. The molecule has 1 aromatic heterocycles. The van der Waals surface area contributed by atoms with Crippen LogP contribution in [0.3, 0.4) is 0 Å². The molecule has 0 spiro atoms. The molecule has 0 amide bonds. The van der Waals surface area contributed by atoms with Gasteiger partial charge in [-0.05, 0) is 55.4 Å². The average molecular weight is 367 g/mol. The Bertz CT molecular complexity index is 732. The second-order valence-electron chi connectivity index (χ2n) is 8.30. The first-order valence-corrected chi connectivity index (χ1v) is 10.6. The van der Waals surface area contributed by atoms with Gasteiger partial charge in [0.25, 0.3) is 0 Å². The van der Waals surface area contributed by atoms with E-state index in [1.807, 2.05) is 0 Å². The Morgan fingerprint density at radius 2 is 1.67 bits per heavy atom. The lowest BCUT2D eigenvalue weighted by molar-refractivity contribution is 0.000551. The molecule has 0 unspecified atom stereocenters. The van der Waals surface area contributed by atoms with E-state index in [-0.39, 0.29) is 6.10 Å². The van der Waals surface area contributed by atoms with Crippen LogP contribution in [0.2, 0.25) is 0 Å². The summed E-state index contributed by atoms with van der Waals surface area (Å²) < 4.78 is 12.0. The maximum atomic E-state index is 6.11. The second kappa shape index (κ2) is 7.78. The number of fused-ring (bicyclic) bond motifs is 1. The molecule has 144 valence electrons. The number of hydrogen-bond donors (Lipinski definition) is 0. The Hall–Kier alpha value is -1.62. The maximum absolute atomic E-state index is 6.11. The third-order valence-electron chi connectivity index (χ3n) is 6.51. The van der Waals surface area contributed by atoms with Crippen LogP contribution in [0, 0.1) is 0 Å². The van der Waals surface area contributed by atoms with E-state index in [1.165, 1.54) is 25.7 Å². The molecule has 3 aliphatic rings. The van der Waals surface area contributed by atoms with E-state index in [4.69, 9.17) is 9.15 Å². The topological polar surface area (TPSA) is 28.9 Å². The summed E-state index contributed by atoms with van der Waals surface area (Å²) in [7, 11) is 0. The number of ether oxygens (including phenoxy) is 1. The Morgan fingerprint density at radius 1 is 0.889 bits per heavy atom. The molecule has 2 fully saturated rings. The summed E-state index contributed by atoms with van der Waals surface area (Å²) in [6.45, 7) is 6.38. The Balaban J connectivity index is 1.12. The molecule has 27 heavy (non-hydrogen) atoms. The van der Waals surface area contributed by atoms with Crippen molar-refractivity contribution in [2.45, 2.75) is 50.8 Å². The molecule has 1 atom stereocenters. The predicted molar refractivity (Wildman–Crippen MR) is 106 cm³/mol. The molecule has 1 aliphatic carbocycles. The number of furan rings is 1. The summed E-state index contributed by atoms with van der Waals surface area (Å²) in [6, 6.07) is 13.9. The van der Waals surface area contributed by atoms with Gasteiger partial charge in [-0.3, -0.25) is 9.80 Å². The van der Waals surface area contributed by atoms with Crippen LogP contribution in [-0.4, -0.2) is 48.6 Å². The van der Waals surface area contributed by atoms with Gasteiger partial charge < -0.3 is 9.15 Å². The molecular weight excluding hydrogens is 336 g/mol. The molecule has 0 saturated carbocycles. The van der Waals surface area contributed by atoms with Gasteiger partial charge >= 0.3 is 0 Å². The van der Waals surface area contributed by atoms with Gasteiger partial charge in [-0.15, -0.1) is 0 Å². The van der Waals surface area contributed by atoms with Crippen molar-refractivity contribution >= 4 is 0 Å². The predicted octanol–water partition coefficient (Wildman–Crippen LogP) is 3.81. The van der Waals surface area contributed by atoms with Crippen LogP contribution < -0.4 is 0 Å². The first-order valence-electron chi connectivity index (χ1n) is 10.6. The van der Waals surface area contributed by atoms with Crippen LogP contribution in [-0.2, 0) is 24.1 Å². The Kier molecular flexibility index (Phi) is 5.04. The van der Waals surface area contributed by atoms with Crippen molar-refractivity contribution < 1.29 is 9.15 Å². The molecular formula is C23H30N2O2. The largest absolute Gasteiger partial charge is 0.462 e. The minimum atomic E-state index is 0.174. The van der Waals surface area contributed by atoms with Gasteiger partial charge in [0.2, 0.25) is 0 Å². The summed E-state index contributed by atoms with van der Waals surface area (Å²) in [6.07, 6.45) is 6.13. The summed E-state index contributed by atoms with van der Waals surface area (Å²) in [5.74, 6) is 2.10. The normalized spacial score (nSPS) is 25.0. The van der Waals surface area contributed by atoms with Crippen molar-refractivity contribution in [1.29, 1.82) is 0 Å². The van der Waals surface area contributed by atoms with Gasteiger partial charge in [-0.25, -0.2) is 0 Å². The van der Waals surface area contributed by atoms with E-state index < -0.39 is 0 Å². The lowest BCUT2D eigenvalue weighted by atomic mass is 10.1. The fourth-order valence-electron chi connectivity index (χ4n) is 4.92. The van der Waals surface area contributed by atoms with Crippen LogP contribution in [0.4, 0.5) is 0 Å². The van der Waals surface area contributed by atoms with Crippen molar-refractivity contribution in [1.82, 2.24) is 9.80 Å². The highest BCUT2D eigenvalue weighted by molar-refractivity contribution is 5.33. The summed E-state index contributed by atoms with van der Waals surface area (Å²) in [5, 5.41) is 0. The Morgan fingerprint density at radius 3 is 2.37 bits per heavy atom. The van der Waals surface area contributed by atoms with Crippen LogP contribution in [0.1, 0.15) is 48.0 Å². The van der Waals surface area contributed by atoms with E-state index in [0.717, 1.165) is 57.3 Å². The van der Waals surface area contributed by atoms with Gasteiger partial charge in [-0.1, -0.05) is 24.3 Å². The van der Waals surface area contributed by atoms with Crippen molar-refractivity contribution in [2.75, 3.05) is 32.8 Å². The van der Waals surface area contributed by atoms with Gasteiger partial charge in [-0.2, -0.15) is 0 Å². The number of rotatable bonds is 4. The van der Waals surface area contributed by atoms with E-state index in [2.05, 4.69) is 46.2 Å². The zero-order valence-corrected chi connectivity index (χ0v) is 16.1. The van der Waals surface area contributed by atoms with E-state index in [9.17, 15) is 0 Å². The molecule has 2 saturated heterocycles. The van der Waals surface area contributed by atoms with Gasteiger partial charge in [0, 0.05) is 38.8 Å². The number of benzene rings is 1. The molecule has 5 rings (SSSR count). The molecule has 0 N–H and O–H groups in total. The monoisotopic (exact) mass is 366 g/mol. The lowest BCUT2D eigenvalue weighted by Gasteiger charge is -2.37. The van der Waals surface area contributed by atoms with Crippen molar-refractivity contribution in [3.05, 3.63) is 59.0 Å². The quantitative estimate of drug-likeness (QED) is 0.823. The molecule has 3 heterocycles. The highest BCUT2D eigenvalue weighted by Crippen LogP contribution is 2.30. The van der Waals surface area contributed by atoms with E-state index in [0.29, 0.717) is 6.04 Å². The highest BCUT2D eigenvalue weighted by atomic mass is 16.5. The summed E-state index contributed by atoms with van der Waals surface area (Å²) in [5.41, 5.74) is 3.11. The molecule has 4 heteroatoms. The third-order valence-corrected chi connectivity index (χ3v) is 6.51. The van der Waals surface area contributed by atoms with Crippen molar-refractivity contribution in [2.24, 2.45) is 0 Å². The van der Waals surface area contributed by atoms with Gasteiger partial charge in [0.1, 0.15) is 17.6 Å². The highest BCUT2D eigenvalue weighted by Gasteiger charge is 2.29. The third kappa shape index (κ3) is 3.84. The molecule has 0 bridgehead atoms. The number of piperazine rings is 1. The molecule has 2 aromatic rings. The van der Waals surface area contributed by atoms with Gasteiger partial charge in [0.05, 0.1) is 6.54 Å². The van der Waals surface area contributed by atoms with Crippen molar-refractivity contribution in [3.8, 4) is 0 Å². The summed E-state index contributed by atoms with van der Waals surface area (Å²) in [4.78, 5) is 5.23. The standard InChI is InChI=1S/C23H30N2O2/c1-2-6-19-16-20(15-18(19)5-1)25-12-10-24(11-13-25)17-21-8-9-23(27-21)22-7-3-4-14-26-22/h1-2,5-6,8-9,20,22H,3-4,7,10-17H2/t22-/m0/s1.